The molecular formula is C23H26N4O4S. The normalized spacial score (nSPS) is 13.8. The number of nitrogens with two attached hydrogens (primary N) is 1. The van der Waals surface area contributed by atoms with E-state index < -0.39 is 35.9 Å². The third-order valence-electron chi connectivity index (χ3n) is 5.16. The average Bonchev–Trinajstić information content (AvgIpc) is 3.21. The van der Waals surface area contributed by atoms with Crippen LogP contribution in [0.4, 0.5) is 0 Å². The van der Waals surface area contributed by atoms with Gasteiger partial charge in [0.15, 0.2) is 0 Å². The molecule has 1 aromatic heterocycles. The first kappa shape index (κ1) is 23.4. The number of para-hydroxylation sites is 1. The van der Waals surface area contributed by atoms with Crippen LogP contribution in [0.15, 0.2) is 60.8 Å². The molecule has 8 nitrogen and oxygen atoms in total. The minimum absolute atomic E-state index is 0.110. The van der Waals surface area contributed by atoms with E-state index in [0.717, 1.165) is 22.0 Å². The van der Waals surface area contributed by atoms with Gasteiger partial charge in [-0.2, -0.15) is 12.6 Å². The zero-order valence-electron chi connectivity index (χ0n) is 17.3. The summed E-state index contributed by atoms with van der Waals surface area (Å²) in [5.41, 5.74) is 8.24. The number of carbonyl (C=O) groups is 3. The van der Waals surface area contributed by atoms with Gasteiger partial charge in [-0.15, -0.1) is 0 Å². The number of carbonyl (C=O) groups excluding carboxylic acids is 2. The van der Waals surface area contributed by atoms with Gasteiger partial charge in [-0.3, -0.25) is 9.59 Å². The first-order valence-corrected chi connectivity index (χ1v) is 10.8. The maximum Gasteiger partial charge on any atom is 0.326 e. The lowest BCUT2D eigenvalue weighted by molar-refractivity contribution is -0.142. The van der Waals surface area contributed by atoms with Crippen molar-refractivity contribution in [1.29, 1.82) is 0 Å². The lowest BCUT2D eigenvalue weighted by Crippen LogP contribution is -2.55. The first-order valence-electron chi connectivity index (χ1n) is 10.2. The molecule has 2 amide bonds. The standard InChI is InChI=1S/C23H26N4O4S/c24-17(13-32)21(28)26-19(11-15-12-25-18-9-5-4-8-16(15)18)22(29)27-20(23(30)31)10-14-6-2-1-3-7-14/h1-9,12,17,19-20,25,32H,10-11,13,24H2,(H,26,28)(H,27,29)(H,30,31). The number of hydrogen-bond acceptors (Lipinski definition) is 5. The van der Waals surface area contributed by atoms with E-state index >= 15 is 0 Å². The molecule has 0 spiro atoms. The second-order valence-electron chi connectivity index (χ2n) is 7.50. The summed E-state index contributed by atoms with van der Waals surface area (Å²) in [7, 11) is 0. The van der Waals surface area contributed by atoms with Crippen molar-refractivity contribution in [2.75, 3.05) is 5.75 Å². The van der Waals surface area contributed by atoms with E-state index in [1.165, 1.54) is 0 Å². The Hall–Kier alpha value is -3.30. The van der Waals surface area contributed by atoms with Gasteiger partial charge in [0.05, 0.1) is 6.04 Å². The van der Waals surface area contributed by atoms with Crippen LogP contribution in [-0.2, 0) is 27.2 Å². The molecule has 0 radical (unpaired) electrons. The molecule has 3 atom stereocenters. The average molecular weight is 455 g/mol. The molecule has 168 valence electrons. The SMILES string of the molecule is NC(CS)C(=O)NC(Cc1c[nH]c2ccccc12)C(=O)NC(Cc1ccccc1)C(=O)O. The summed E-state index contributed by atoms with van der Waals surface area (Å²) in [6.07, 6.45) is 2.05. The number of carboxylic acid groups (broad SMARTS) is 1. The Morgan fingerprint density at radius 1 is 0.938 bits per heavy atom. The van der Waals surface area contributed by atoms with Crippen molar-refractivity contribution in [3.05, 3.63) is 71.9 Å². The van der Waals surface area contributed by atoms with E-state index in [9.17, 15) is 19.5 Å². The zero-order chi connectivity index (χ0) is 23.1. The number of rotatable bonds is 10. The highest BCUT2D eigenvalue weighted by Crippen LogP contribution is 2.19. The van der Waals surface area contributed by atoms with Gasteiger partial charge >= 0.3 is 5.97 Å². The molecule has 1 heterocycles. The predicted octanol–water partition coefficient (Wildman–Crippen LogP) is 1.26. The van der Waals surface area contributed by atoms with Crippen LogP contribution in [-0.4, -0.2) is 51.8 Å². The van der Waals surface area contributed by atoms with Crippen molar-refractivity contribution >= 4 is 41.3 Å². The minimum Gasteiger partial charge on any atom is -0.480 e. The molecule has 0 aliphatic rings. The van der Waals surface area contributed by atoms with E-state index in [1.54, 1.807) is 30.5 Å². The molecule has 0 bridgehead atoms. The Bertz CT molecular complexity index is 1090. The van der Waals surface area contributed by atoms with Crippen LogP contribution in [0.2, 0.25) is 0 Å². The van der Waals surface area contributed by atoms with Gasteiger partial charge in [-0.05, 0) is 17.2 Å². The van der Waals surface area contributed by atoms with Crippen LogP contribution in [0, 0.1) is 0 Å². The molecule has 0 saturated carbocycles. The molecule has 6 N–H and O–H groups in total. The van der Waals surface area contributed by atoms with Gasteiger partial charge in [-0.25, -0.2) is 4.79 Å². The Morgan fingerprint density at radius 2 is 1.59 bits per heavy atom. The van der Waals surface area contributed by atoms with Crippen LogP contribution in [0.25, 0.3) is 10.9 Å². The van der Waals surface area contributed by atoms with Crippen molar-refractivity contribution in [3.63, 3.8) is 0 Å². The Morgan fingerprint density at radius 3 is 2.28 bits per heavy atom. The summed E-state index contributed by atoms with van der Waals surface area (Å²) in [5, 5.41) is 15.8. The van der Waals surface area contributed by atoms with E-state index in [0.29, 0.717) is 0 Å². The monoisotopic (exact) mass is 454 g/mol. The molecule has 0 aliphatic carbocycles. The molecule has 9 heteroatoms. The maximum absolute atomic E-state index is 13.1. The number of nitrogens with one attached hydrogen (secondary N) is 3. The molecule has 0 aliphatic heterocycles. The summed E-state index contributed by atoms with van der Waals surface area (Å²) >= 11 is 4.04. The summed E-state index contributed by atoms with van der Waals surface area (Å²) in [6, 6.07) is 13.5. The number of thiol groups is 1. The van der Waals surface area contributed by atoms with Gasteiger partial charge < -0.3 is 26.5 Å². The molecule has 3 unspecified atom stereocenters. The van der Waals surface area contributed by atoms with Crippen molar-refractivity contribution in [1.82, 2.24) is 15.6 Å². The quantitative estimate of drug-likeness (QED) is 0.256. The Labute approximate surface area is 191 Å². The fourth-order valence-corrected chi connectivity index (χ4v) is 3.58. The number of carboxylic acids is 1. The number of amides is 2. The number of aromatic amines is 1. The summed E-state index contributed by atoms with van der Waals surface area (Å²) < 4.78 is 0. The number of benzene rings is 2. The molecule has 0 saturated heterocycles. The van der Waals surface area contributed by atoms with Crippen molar-refractivity contribution in [3.8, 4) is 0 Å². The number of aliphatic carboxylic acids is 1. The lowest BCUT2D eigenvalue weighted by Gasteiger charge is -2.22. The maximum atomic E-state index is 13.1. The topological polar surface area (TPSA) is 137 Å². The summed E-state index contributed by atoms with van der Waals surface area (Å²) in [5.74, 6) is -2.18. The third kappa shape index (κ3) is 5.89. The number of H-pyrrole nitrogens is 1. The van der Waals surface area contributed by atoms with E-state index in [1.807, 2.05) is 30.3 Å². The first-order chi connectivity index (χ1) is 15.4. The van der Waals surface area contributed by atoms with Crippen LogP contribution in [0.5, 0.6) is 0 Å². The van der Waals surface area contributed by atoms with Crippen molar-refractivity contribution in [2.24, 2.45) is 5.73 Å². The van der Waals surface area contributed by atoms with Gasteiger partial charge in [0.1, 0.15) is 12.1 Å². The largest absolute Gasteiger partial charge is 0.480 e. The molecule has 2 aromatic carbocycles. The number of hydrogen-bond donors (Lipinski definition) is 6. The van der Waals surface area contributed by atoms with E-state index in [2.05, 4.69) is 28.2 Å². The lowest BCUT2D eigenvalue weighted by atomic mass is 10.0. The second kappa shape index (κ2) is 10.8. The third-order valence-corrected chi connectivity index (χ3v) is 5.56. The highest BCUT2D eigenvalue weighted by atomic mass is 32.1. The van der Waals surface area contributed by atoms with Crippen LogP contribution < -0.4 is 16.4 Å². The summed E-state index contributed by atoms with van der Waals surface area (Å²) in [4.78, 5) is 40.4. The molecule has 3 rings (SSSR count). The van der Waals surface area contributed by atoms with E-state index in [-0.39, 0.29) is 18.6 Å². The van der Waals surface area contributed by atoms with Gasteiger partial charge in [0, 0.05) is 35.7 Å². The van der Waals surface area contributed by atoms with Crippen LogP contribution >= 0.6 is 12.6 Å². The molecule has 3 aromatic rings. The summed E-state index contributed by atoms with van der Waals surface area (Å²) in [6.45, 7) is 0. The molecule has 0 fully saturated rings. The predicted molar refractivity (Wildman–Crippen MR) is 125 cm³/mol. The fraction of sp³-hybridized carbons (Fsp3) is 0.261. The fourth-order valence-electron chi connectivity index (χ4n) is 3.41. The smallest absolute Gasteiger partial charge is 0.326 e. The van der Waals surface area contributed by atoms with Crippen LogP contribution in [0.3, 0.4) is 0 Å². The van der Waals surface area contributed by atoms with Gasteiger partial charge in [0.2, 0.25) is 11.8 Å². The Balaban J connectivity index is 1.81. The van der Waals surface area contributed by atoms with Crippen molar-refractivity contribution in [2.45, 2.75) is 31.0 Å². The zero-order valence-corrected chi connectivity index (χ0v) is 18.2. The second-order valence-corrected chi connectivity index (χ2v) is 7.87. The molecular weight excluding hydrogens is 428 g/mol. The molecule has 32 heavy (non-hydrogen) atoms. The number of fused-ring (bicyclic) bond motifs is 1. The van der Waals surface area contributed by atoms with Crippen molar-refractivity contribution < 1.29 is 19.5 Å². The van der Waals surface area contributed by atoms with Crippen LogP contribution in [0.1, 0.15) is 11.1 Å². The van der Waals surface area contributed by atoms with Gasteiger partial charge in [0.25, 0.3) is 0 Å². The highest BCUT2D eigenvalue weighted by Gasteiger charge is 2.28. The highest BCUT2D eigenvalue weighted by molar-refractivity contribution is 7.80. The van der Waals surface area contributed by atoms with E-state index in [4.69, 9.17) is 5.73 Å². The number of aromatic nitrogens is 1. The van der Waals surface area contributed by atoms with Gasteiger partial charge in [-0.1, -0.05) is 48.5 Å². The minimum atomic E-state index is -1.16. The Kier molecular flexibility index (Phi) is 7.91.